The SMILES string of the molecule is COc1cc(Cl)c(C)cc1NCC1CCCO1. The number of rotatable bonds is 4. The molecule has 0 bridgehead atoms. The Morgan fingerprint density at radius 1 is 1.53 bits per heavy atom. The first-order valence-corrected chi connectivity index (χ1v) is 6.28. The summed E-state index contributed by atoms with van der Waals surface area (Å²) in [5.41, 5.74) is 2.02. The van der Waals surface area contributed by atoms with Crippen molar-refractivity contribution in [2.75, 3.05) is 25.6 Å². The lowest BCUT2D eigenvalue weighted by atomic mass is 10.2. The van der Waals surface area contributed by atoms with E-state index in [1.54, 1.807) is 7.11 Å². The maximum Gasteiger partial charge on any atom is 0.143 e. The van der Waals surface area contributed by atoms with Gasteiger partial charge in [-0.15, -0.1) is 0 Å². The molecule has 0 spiro atoms. The summed E-state index contributed by atoms with van der Waals surface area (Å²) in [6, 6.07) is 3.85. The first-order valence-electron chi connectivity index (χ1n) is 5.90. The molecule has 1 saturated heterocycles. The molecule has 1 atom stereocenters. The van der Waals surface area contributed by atoms with Crippen LogP contribution in [0.3, 0.4) is 0 Å². The van der Waals surface area contributed by atoms with Crippen molar-refractivity contribution in [3.63, 3.8) is 0 Å². The first kappa shape index (κ1) is 12.5. The van der Waals surface area contributed by atoms with Gasteiger partial charge in [-0.05, 0) is 31.4 Å². The second kappa shape index (κ2) is 5.61. The van der Waals surface area contributed by atoms with E-state index in [0.29, 0.717) is 6.10 Å². The molecular formula is C13H18ClNO2. The molecule has 1 aromatic rings. The summed E-state index contributed by atoms with van der Waals surface area (Å²) in [5.74, 6) is 0.776. The van der Waals surface area contributed by atoms with Crippen LogP contribution in [0.1, 0.15) is 18.4 Å². The third kappa shape index (κ3) is 3.05. The number of ether oxygens (including phenoxy) is 2. The highest BCUT2D eigenvalue weighted by molar-refractivity contribution is 6.31. The van der Waals surface area contributed by atoms with E-state index in [1.165, 1.54) is 0 Å². The van der Waals surface area contributed by atoms with Gasteiger partial charge < -0.3 is 14.8 Å². The molecule has 0 saturated carbocycles. The van der Waals surface area contributed by atoms with E-state index in [1.807, 2.05) is 19.1 Å². The van der Waals surface area contributed by atoms with Gasteiger partial charge in [-0.2, -0.15) is 0 Å². The van der Waals surface area contributed by atoms with Gasteiger partial charge in [-0.3, -0.25) is 0 Å². The summed E-state index contributed by atoms with van der Waals surface area (Å²) in [6.45, 7) is 3.68. The smallest absolute Gasteiger partial charge is 0.143 e. The molecule has 1 aliphatic heterocycles. The molecule has 1 N–H and O–H groups in total. The minimum absolute atomic E-state index is 0.315. The van der Waals surface area contributed by atoms with Crippen LogP contribution < -0.4 is 10.1 Å². The van der Waals surface area contributed by atoms with Gasteiger partial charge in [-0.1, -0.05) is 11.6 Å². The van der Waals surface area contributed by atoms with E-state index in [0.717, 1.165) is 48.0 Å². The average molecular weight is 256 g/mol. The van der Waals surface area contributed by atoms with Crippen LogP contribution in [-0.4, -0.2) is 26.4 Å². The average Bonchev–Trinajstić information content (AvgIpc) is 2.83. The highest BCUT2D eigenvalue weighted by Gasteiger charge is 2.16. The Morgan fingerprint density at radius 3 is 3.00 bits per heavy atom. The topological polar surface area (TPSA) is 30.5 Å². The van der Waals surface area contributed by atoms with Crippen LogP contribution in [0, 0.1) is 6.92 Å². The molecule has 17 heavy (non-hydrogen) atoms. The lowest BCUT2D eigenvalue weighted by Crippen LogP contribution is -2.18. The van der Waals surface area contributed by atoms with Gasteiger partial charge in [0.2, 0.25) is 0 Å². The molecule has 0 aromatic heterocycles. The van der Waals surface area contributed by atoms with Crippen LogP contribution in [0.2, 0.25) is 5.02 Å². The zero-order valence-corrected chi connectivity index (χ0v) is 11.0. The highest BCUT2D eigenvalue weighted by atomic mass is 35.5. The summed E-state index contributed by atoms with van der Waals surface area (Å²) in [5, 5.41) is 4.09. The van der Waals surface area contributed by atoms with Crippen LogP contribution >= 0.6 is 11.6 Å². The molecule has 94 valence electrons. The number of aryl methyl sites for hydroxylation is 1. The third-order valence-electron chi connectivity index (χ3n) is 3.02. The van der Waals surface area contributed by atoms with Crippen molar-refractivity contribution in [3.05, 3.63) is 22.7 Å². The fourth-order valence-corrected chi connectivity index (χ4v) is 2.15. The van der Waals surface area contributed by atoms with Crippen molar-refractivity contribution in [2.45, 2.75) is 25.9 Å². The van der Waals surface area contributed by atoms with Crippen LogP contribution in [0.5, 0.6) is 5.75 Å². The molecule has 3 nitrogen and oxygen atoms in total. The number of benzene rings is 1. The Morgan fingerprint density at radius 2 is 2.35 bits per heavy atom. The fourth-order valence-electron chi connectivity index (χ4n) is 2.00. The Hall–Kier alpha value is -0.930. The van der Waals surface area contributed by atoms with Gasteiger partial charge in [0, 0.05) is 24.2 Å². The van der Waals surface area contributed by atoms with Crippen molar-refractivity contribution >= 4 is 17.3 Å². The van der Waals surface area contributed by atoms with Gasteiger partial charge in [-0.25, -0.2) is 0 Å². The van der Waals surface area contributed by atoms with Crippen molar-refractivity contribution in [1.29, 1.82) is 0 Å². The Bertz CT molecular complexity index is 389. The molecular weight excluding hydrogens is 238 g/mol. The van der Waals surface area contributed by atoms with Crippen LogP contribution in [0.15, 0.2) is 12.1 Å². The number of methoxy groups -OCH3 is 1. The number of hydrogen-bond acceptors (Lipinski definition) is 3. The van der Waals surface area contributed by atoms with Gasteiger partial charge in [0.25, 0.3) is 0 Å². The first-order chi connectivity index (χ1) is 8.20. The van der Waals surface area contributed by atoms with E-state index >= 15 is 0 Å². The number of anilines is 1. The van der Waals surface area contributed by atoms with E-state index < -0.39 is 0 Å². The van der Waals surface area contributed by atoms with Gasteiger partial charge >= 0.3 is 0 Å². The minimum Gasteiger partial charge on any atom is -0.495 e. The zero-order chi connectivity index (χ0) is 12.3. The van der Waals surface area contributed by atoms with E-state index in [-0.39, 0.29) is 0 Å². The predicted molar refractivity (Wildman–Crippen MR) is 70.2 cm³/mol. The van der Waals surface area contributed by atoms with Gasteiger partial charge in [0.1, 0.15) is 5.75 Å². The molecule has 1 aromatic carbocycles. The zero-order valence-electron chi connectivity index (χ0n) is 10.3. The Balaban J connectivity index is 2.05. The maximum atomic E-state index is 6.06. The number of halogens is 1. The molecule has 1 fully saturated rings. The van der Waals surface area contributed by atoms with E-state index in [4.69, 9.17) is 21.1 Å². The van der Waals surface area contributed by atoms with Gasteiger partial charge in [0.05, 0.1) is 18.9 Å². The molecule has 0 amide bonds. The lowest BCUT2D eigenvalue weighted by Gasteiger charge is -2.15. The fraction of sp³-hybridized carbons (Fsp3) is 0.538. The second-order valence-electron chi connectivity index (χ2n) is 4.32. The van der Waals surface area contributed by atoms with Crippen molar-refractivity contribution in [3.8, 4) is 5.75 Å². The van der Waals surface area contributed by atoms with Gasteiger partial charge in [0.15, 0.2) is 0 Å². The van der Waals surface area contributed by atoms with E-state index in [9.17, 15) is 0 Å². The minimum atomic E-state index is 0.315. The molecule has 1 heterocycles. The van der Waals surface area contributed by atoms with Crippen molar-refractivity contribution < 1.29 is 9.47 Å². The quantitative estimate of drug-likeness (QED) is 0.896. The summed E-state index contributed by atoms with van der Waals surface area (Å²) in [6.07, 6.45) is 2.60. The van der Waals surface area contributed by atoms with E-state index in [2.05, 4.69) is 5.32 Å². The molecule has 1 unspecified atom stereocenters. The second-order valence-corrected chi connectivity index (χ2v) is 4.72. The van der Waals surface area contributed by atoms with Crippen molar-refractivity contribution in [1.82, 2.24) is 0 Å². The summed E-state index contributed by atoms with van der Waals surface area (Å²) >= 11 is 6.06. The largest absolute Gasteiger partial charge is 0.495 e. The summed E-state index contributed by atoms with van der Waals surface area (Å²) < 4.78 is 10.9. The molecule has 0 radical (unpaired) electrons. The summed E-state index contributed by atoms with van der Waals surface area (Å²) in [7, 11) is 1.65. The number of nitrogens with one attached hydrogen (secondary N) is 1. The molecule has 1 aliphatic rings. The van der Waals surface area contributed by atoms with Crippen LogP contribution in [0.4, 0.5) is 5.69 Å². The predicted octanol–water partition coefficient (Wildman–Crippen LogP) is 3.25. The lowest BCUT2D eigenvalue weighted by molar-refractivity contribution is 0.120. The Kier molecular flexibility index (Phi) is 4.13. The van der Waals surface area contributed by atoms with Crippen molar-refractivity contribution in [2.24, 2.45) is 0 Å². The highest BCUT2D eigenvalue weighted by Crippen LogP contribution is 2.31. The molecule has 4 heteroatoms. The van der Waals surface area contributed by atoms with Crippen LogP contribution in [0.25, 0.3) is 0 Å². The third-order valence-corrected chi connectivity index (χ3v) is 3.43. The van der Waals surface area contributed by atoms with Crippen LogP contribution in [-0.2, 0) is 4.74 Å². The summed E-state index contributed by atoms with van der Waals surface area (Å²) in [4.78, 5) is 0. The molecule has 0 aliphatic carbocycles. The molecule has 2 rings (SSSR count). The maximum absolute atomic E-state index is 6.06. The number of hydrogen-bond donors (Lipinski definition) is 1. The monoisotopic (exact) mass is 255 g/mol. The Labute approximate surface area is 107 Å². The standard InChI is InChI=1S/C13H18ClNO2/c1-9-6-12(13(16-2)7-11(9)14)15-8-10-4-3-5-17-10/h6-7,10,15H,3-5,8H2,1-2H3. The normalized spacial score (nSPS) is 19.4.